The van der Waals surface area contributed by atoms with Gasteiger partial charge in [-0.25, -0.2) is 9.59 Å². The highest BCUT2D eigenvalue weighted by molar-refractivity contribution is 9.13. The van der Waals surface area contributed by atoms with Gasteiger partial charge in [0.25, 0.3) is 0 Å². The van der Waals surface area contributed by atoms with Gasteiger partial charge in [0.1, 0.15) is 12.4 Å². The van der Waals surface area contributed by atoms with E-state index in [0.29, 0.717) is 5.69 Å². The van der Waals surface area contributed by atoms with E-state index in [1.807, 2.05) is 6.07 Å². The molecule has 0 unspecified atom stereocenters. The smallest absolute Gasteiger partial charge is 0.355 e. The maximum atomic E-state index is 12.1. The number of carbonyl (C=O) groups excluding carboxylic acids is 2. The lowest BCUT2D eigenvalue weighted by molar-refractivity contribution is -0.140. The van der Waals surface area contributed by atoms with Crippen molar-refractivity contribution in [2.75, 3.05) is 32.5 Å². The van der Waals surface area contributed by atoms with Crippen molar-refractivity contribution in [2.45, 2.75) is 0 Å². The second-order valence-corrected chi connectivity index (χ2v) is 6.02. The fraction of sp³-hybridized carbons (Fsp3) is 0.286. The minimum absolute atomic E-state index is 0.00863. The molecule has 1 aromatic rings. The van der Waals surface area contributed by atoms with Crippen LogP contribution in [0.25, 0.3) is 0 Å². The molecule has 0 amide bonds. The number of anilines is 1. The number of carbonyl (C=O) groups is 2. The molecule has 0 atom stereocenters. The minimum atomic E-state index is -0.624. The Balaban J connectivity index is 2.54. The standard InChI is InChI=1S/C14H13Br2NO5/c1-20-13(18)9-6-22-7-17(12(9)14(19)21-2)8-3-4-10(15)11(16)5-8/h3-5H,6-7H2,1-2H3. The van der Waals surface area contributed by atoms with Crippen LogP contribution in [0.4, 0.5) is 5.69 Å². The molecular formula is C14H13Br2NO5. The first-order chi connectivity index (χ1) is 10.5. The summed E-state index contributed by atoms with van der Waals surface area (Å²) in [5.41, 5.74) is 0.922. The Hall–Kier alpha value is -1.38. The van der Waals surface area contributed by atoms with Gasteiger partial charge in [-0.2, -0.15) is 0 Å². The van der Waals surface area contributed by atoms with Gasteiger partial charge in [0.2, 0.25) is 0 Å². The first kappa shape index (κ1) is 17.0. The van der Waals surface area contributed by atoms with E-state index in [1.54, 1.807) is 17.0 Å². The molecule has 1 aliphatic heterocycles. The van der Waals surface area contributed by atoms with E-state index < -0.39 is 11.9 Å². The highest BCUT2D eigenvalue weighted by Crippen LogP contribution is 2.32. The van der Waals surface area contributed by atoms with Crippen LogP contribution in [0.1, 0.15) is 0 Å². The molecule has 0 radical (unpaired) electrons. The highest BCUT2D eigenvalue weighted by Gasteiger charge is 2.32. The minimum Gasteiger partial charge on any atom is -0.466 e. The molecule has 118 valence electrons. The second-order valence-electron chi connectivity index (χ2n) is 4.31. The Labute approximate surface area is 144 Å². The van der Waals surface area contributed by atoms with Crippen LogP contribution < -0.4 is 4.90 Å². The number of esters is 2. The van der Waals surface area contributed by atoms with Gasteiger partial charge in [-0.05, 0) is 50.1 Å². The van der Waals surface area contributed by atoms with Crippen molar-refractivity contribution >= 4 is 49.5 Å². The van der Waals surface area contributed by atoms with E-state index in [4.69, 9.17) is 14.2 Å². The Morgan fingerprint density at radius 1 is 1.14 bits per heavy atom. The highest BCUT2D eigenvalue weighted by atomic mass is 79.9. The zero-order valence-electron chi connectivity index (χ0n) is 11.9. The third-order valence-corrected chi connectivity index (χ3v) is 4.93. The Morgan fingerprint density at radius 3 is 2.41 bits per heavy atom. The SMILES string of the molecule is COC(=O)C1=C(C(=O)OC)N(c2ccc(Br)c(Br)c2)COC1. The van der Waals surface area contributed by atoms with Gasteiger partial charge in [-0.15, -0.1) is 0 Å². The van der Waals surface area contributed by atoms with Crippen LogP contribution in [0.5, 0.6) is 0 Å². The van der Waals surface area contributed by atoms with Gasteiger partial charge in [0.15, 0.2) is 0 Å². The first-order valence-electron chi connectivity index (χ1n) is 6.19. The van der Waals surface area contributed by atoms with Gasteiger partial charge >= 0.3 is 11.9 Å². The predicted octanol–water partition coefficient (Wildman–Crippen LogP) is 2.61. The van der Waals surface area contributed by atoms with E-state index in [2.05, 4.69) is 31.9 Å². The Kier molecular flexibility index (Phi) is 5.60. The maximum Gasteiger partial charge on any atom is 0.355 e. The summed E-state index contributed by atoms with van der Waals surface area (Å²) in [6, 6.07) is 5.42. The number of methoxy groups -OCH3 is 2. The van der Waals surface area contributed by atoms with Crippen molar-refractivity contribution in [3.05, 3.63) is 38.4 Å². The van der Waals surface area contributed by atoms with Gasteiger partial charge in [0, 0.05) is 14.6 Å². The van der Waals surface area contributed by atoms with Crippen LogP contribution in [-0.4, -0.2) is 39.5 Å². The monoisotopic (exact) mass is 433 g/mol. The number of ether oxygens (including phenoxy) is 3. The van der Waals surface area contributed by atoms with E-state index in [1.165, 1.54) is 14.2 Å². The third-order valence-electron chi connectivity index (χ3n) is 3.05. The van der Waals surface area contributed by atoms with E-state index in [0.717, 1.165) is 8.95 Å². The lowest BCUT2D eigenvalue weighted by Crippen LogP contribution is -2.38. The zero-order chi connectivity index (χ0) is 16.3. The van der Waals surface area contributed by atoms with Gasteiger partial charge in [-0.3, -0.25) is 0 Å². The second kappa shape index (κ2) is 7.26. The molecule has 22 heavy (non-hydrogen) atoms. The molecule has 1 aromatic carbocycles. The Bertz CT molecular complexity index is 644. The molecule has 0 aliphatic carbocycles. The summed E-state index contributed by atoms with van der Waals surface area (Å²) >= 11 is 6.79. The fourth-order valence-corrected chi connectivity index (χ4v) is 2.61. The van der Waals surface area contributed by atoms with Gasteiger partial charge in [-0.1, -0.05) is 0 Å². The van der Waals surface area contributed by atoms with Gasteiger partial charge < -0.3 is 19.1 Å². The van der Waals surface area contributed by atoms with Crippen LogP contribution in [0.2, 0.25) is 0 Å². The third kappa shape index (κ3) is 3.34. The van der Waals surface area contributed by atoms with Crippen molar-refractivity contribution < 1.29 is 23.8 Å². The van der Waals surface area contributed by atoms with Crippen molar-refractivity contribution in [1.29, 1.82) is 0 Å². The Morgan fingerprint density at radius 2 is 1.82 bits per heavy atom. The summed E-state index contributed by atoms with van der Waals surface area (Å²) in [4.78, 5) is 25.6. The maximum absolute atomic E-state index is 12.1. The molecule has 6 nitrogen and oxygen atoms in total. The van der Waals surface area contributed by atoms with Gasteiger partial charge in [0.05, 0.1) is 26.4 Å². The van der Waals surface area contributed by atoms with Crippen LogP contribution >= 0.6 is 31.9 Å². The summed E-state index contributed by atoms with van der Waals surface area (Å²) in [5.74, 6) is -1.25. The largest absolute Gasteiger partial charge is 0.466 e. The topological polar surface area (TPSA) is 65.1 Å². The summed E-state index contributed by atoms with van der Waals surface area (Å²) < 4.78 is 16.6. The number of hydrogen-bond acceptors (Lipinski definition) is 6. The summed E-state index contributed by atoms with van der Waals surface area (Å²) in [5, 5.41) is 0. The van der Waals surface area contributed by atoms with Crippen LogP contribution in [0.15, 0.2) is 38.4 Å². The molecule has 2 rings (SSSR count). The quantitative estimate of drug-likeness (QED) is 0.681. The molecule has 0 N–H and O–H groups in total. The number of benzene rings is 1. The molecular weight excluding hydrogens is 422 g/mol. The number of nitrogens with zero attached hydrogens (tertiary/aromatic N) is 1. The average Bonchev–Trinajstić information content (AvgIpc) is 2.55. The van der Waals surface area contributed by atoms with E-state index in [-0.39, 0.29) is 24.6 Å². The van der Waals surface area contributed by atoms with E-state index >= 15 is 0 Å². The van der Waals surface area contributed by atoms with Crippen LogP contribution in [0.3, 0.4) is 0 Å². The molecule has 0 saturated heterocycles. The zero-order valence-corrected chi connectivity index (χ0v) is 15.1. The number of hydrogen-bond donors (Lipinski definition) is 0. The normalized spacial score (nSPS) is 14.8. The molecule has 1 aliphatic rings. The predicted molar refractivity (Wildman–Crippen MR) is 86.2 cm³/mol. The number of halogens is 2. The van der Waals surface area contributed by atoms with Crippen LogP contribution in [-0.2, 0) is 23.8 Å². The molecule has 0 bridgehead atoms. The molecule has 0 spiro atoms. The van der Waals surface area contributed by atoms with Crippen molar-refractivity contribution in [1.82, 2.24) is 0 Å². The molecule has 0 fully saturated rings. The van der Waals surface area contributed by atoms with E-state index in [9.17, 15) is 9.59 Å². The molecule has 0 saturated carbocycles. The summed E-state index contributed by atoms with van der Waals surface area (Å²) in [6.45, 7) is 0.115. The van der Waals surface area contributed by atoms with Crippen molar-refractivity contribution in [2.24, 2.45) is 0 Å². The fourth-order valence-electron chi connectivity index (χ4n) is 2.00. The lowest BCUT2D eigenvalue weighted by Gasteiger charge is -2.31. The molecule has 1 heterocycles. The van der Waals surface area contributed by atoms with Crippen molar-refractivity contribution in [3.63, 3.8) is 0 Å². The lowest BCUT2D eigenvalue weighted by atomic mass is 10.1. The molecule has 8 heteroatoms. The van der Waals surface area contributed by atoms with Crippen molar-refractivity contribution in [3.8, 4) is 0 Å². The molecule has 0 aromatic heterocycles. The average molecular weight is 435 g/mol. The van der Waals surface area contributed by atoms with Crippen LogP contribution in [0, 0.1) is 0 Å². The number of rotatable bonds is 3. The summed E-state index contributed by atoms with van der Waals surface area (Å²) in [6.07, 6.45) is 0. The summed E-state index contributed by atoms with van der Waals surface area (Å²) in [7, 11) is 2.51. The first-order valence-corrected chi connectivity index (χ1v) is 7.78.